The van der Waals surface area contributed by atoms with Crippen molar-refractivity contribution >= 4 is 14.5 Å². The van der Waals surface area contributed by atoms with Gasteiger partial charge in [-0.1, -0.05) is 20.8 Å². The van der Waals surface area contributed by atoms with Crippen LogP contribution in [0.25, 0.3) is 0 Å². The molecule has 0 radical (unpaired) electrons. The van der Waals surface area contributed by atoms with Crippen molar-refractivity contribution < 1.29 is 0 Å². The Labute approximate surface area is 65.7 Å². The van der Waals surface area contributed by atoms with Crippen LogP contribution in [0.15, 0.2) is 4.66 Å². The summed E-state index contributed by atoms with van der Waals surface area (Å²) in [5.74, 6) is 0. The van der Waals surface area contributed by atoms with Crippen LogP contribution >= 0.6 is 0 Å². The molecule has 0 aromatic rings. The highest BCUT2D eigenvalue weighted by atomic mass is 28.3. The maximum Gasteiger partial charge on any atom is 0.179 e. The first-order valence-electron chi connectivity index (χ1n) is 4.24. The molecule has 0 aliphatic heterocycles. The Morgan fingerprint density at radius 2 is 1.50 bits per heavy atom. The van der Waals surface area contributed by atoms with E-state index in [1.807, 2.05) is 13.1 Å². The zero-order valence-corrected chi connectivity index (χ0v) is 8.65. The smallest absolute Gasteiger partial charge is 0.179 e. The van der Waals surface area contributed by atoms with Crippen LogP contribution in [0.5, 0.6) is 0 Å². The molecule has 10 heavy (non-hydrogen) atoms. The average molecular weight is 157 g/mol. The zero-order chi connectivity index (χ0) is 8.04. The van der Waals surface area contributed by atoms with Crippen molar-refractivity contribution in [3.8, 4) is 0 Å². The van der Waals surface area contributed by atoms with Gasteiger partial charge in [0.05, 0.1) is 0 Å². The highest BCUT2D eigenvalue weighted by molar-refractivity contribution is 6.78. The van der Waals surface area contributed by atoms with Crippen molar-refractivity contribution in [2.45, 2.75) is 45.8 Å². The summed E-state index contributed by atoms with van der Waals surface area (Å²) >= 11 is 0. The topological polar surface area (TPSA) is 12.4 Å². The summed E-state index contributed by atoms with van der Waals surface area (Å²) in [4.78, 5) is 0. The van der Waals surface area contributed by atoms with Crippen LogP contribution in [0.4, 0.5) is 0 Å². The molecule has 0 saturated heterocycles. The van der Waals surface area contributed by atoms with E-state index in [2.05, 4.69) is 25.4 Å². The summed E-state index contributed by atoms with van der Waals surface area (Å²) < 4.78 is 4.62. The van der Waals surface area contributed by atoms with Gasteiger partial charge in [0.15, 0.2) is 8.24 Å². The maximum absolute atomic E-state index is 4.62. The summed E-state index contributed by atoms with van der Waals surface area (Å²) in [7, 11) is -1.15. The molecular weight excluding hydrogens is 138 g/mol. The molecule has 1 nitrogen and oxygen atoms in total. The van der Waals surface area contributed by atoms with Crippen LogP contribution in [0.3, 0.4) is 0 Å². The Kier molecular flexibility index (Phi) is 4.61. The predicted octanol–water partition coefficient (Wildman–Crippen LogP) is 3.08. The average Bonchev–Trinajstić information content (AvgIpc) is 2.01. The van der Waals surface area contributed by atoms with Gasteiger partial charge in [0.1, 0.15) is 0 Å². The minimum absolute atomic E-state index is 1.15. The van der Waals surface area contributed by atoms with Gasteiger partial charge in [-0.05, 0) is 31.3 Å². The van der Waals surface area contributed by atoms with E-state index in [0.717, 1.165) is 0 Å². The van der Waals surface area contributed by atoms with E-state index in [1.54, 1.807) is 0 Å². The molecule has 0 spiro atoms. The molecule has 0 saturated carbocycles. The highest BCUT2D eigenvalue weighted by Crippen LogP contribution is 2.20. The van der Waals surface area contributed by atoms with E-state index >= 15 is 0 Å². The monoisotopic (exact) mass is 157 g/mol. The van der Waals surface area contributed by atoms with Gasteiger partial charge in [-0.25, -0.2) is 0 Å². The van der Waals surface area contributed by atoms with Gasteiger partial charge in [0.2, 0.25) is 0 Å². The van der Waals surface area contributed by atoms with Crippen molar-refractivity contribution in [2.24, 2.45) is 4.66 Å². The summed E-state index contributed by atoms with van der Waals surface area (Å²) in [6.07, 6.45) is 1.99. The number of hydrogen-bond acceptors (Lipinski definition) is 1. The molecule has 0 atom stereocenters. The molecule has 0 aliphatic carbocycles. The summed E-state index contributed by atoms with van der Waals surface area (Å²) in [5.41, 5.74) is 0. The molecule has 0 aromatic heterocycles. The van der Waals surface area contributed by atoms with Crippen LogP contribution in [0.2, 0.25) is 18.1 Å². The second-order valence-electron chi connectivity index (χ2n) is 2.67. The van der Waals surface area contributed by atoms with Gasteiger partial charge >= 0.3 is 0 Å². The lowest BCUT2D eigenvalue weighted by Gasteiger charge is -2.21. The second kappa shape index (κ2) is 4.66. The van der Waals surface area contributed by atoms with Crippen molar-refractivity contribution in [3.05, 3.63) is 0 Å². The number of nitrogens with zero attached hydrogens (tertiary/aromatic N) is 1. The SMILES string of the molecule is CC=N[Si](CC)(CC)CC. The van der Waals surface area contributed by atoms with Crippen LogP contribution in [0, 0.1) is 0 Å². The molecule has 0 fully saturated rings. The van der Waals surface area contributed by atoms with Crippen LogP contribution in [0.1, 0.15) is 27.7 Å². The lowest BCUT2D eigenvalue weighted by molar-refractivity contribution is 1.15. The summed E-state index contributed by atoms with van der Waals surface area (Å²) in [5, 5.41) is 0. The third kappa shape index (κ3) is 2.25. The summed E-state index contributed by atoms with van der Waals surface area (Å²) in [6, 6.07) is 3.89. The molecule has 60 valence electrons. The molecule has 0 unspecified atom stereocenters. The fraction of sp³-hybridized carbons (Fsp3) is 0.875. The molecule has 0 amide bonds. The van der Waals surface area contributed by atoms with Crippen molar-refractivity contribution in [3.63, 3.8) is 0 Å². The Balaban J connectivity index is 4.15. The quantitative estimate of drug-likeness (QED) is 0.439. The van der Waals surface area contributed by atoms with Crippen LogP contribution < -0.4 is 0 Å². The Morgan fingerprint density at radius 1 is 1.10 bits per heavy atom. The molecule has 0 rings (SSSR count). The van der Waals surface area contributed by atoms with Crippen molar-refractivity contribution in [1.29, 1.82) is 0 Å². The molecule has 0 aromatic carbocycles. The highest BCUT2D eigenvalue weighted by Gasteiger charge is 2.24. The van der Waals surface area contributed by atoms with Crippen molar-refractivity contribution in [1.82, 2.24) is 0 Å². The first-order valence-corrected chi connectivity index (χ1v) is 6.81. The van der Waals surface area contributed by atoms with Crippen LogP contribution in [-0.2, 0) is 0 Å². The van der Waals surface area contributed by atoms with E-state index in [-0.39, 0.29) is 0 Å². The lowest BCUT2D eigenvalue weighted by atomic mass is 10.9. The molecular formula is C8H19NSi. The van der Waals surface area contributed by atoms with Crippen LogP contribution in [-0.4, -0.2) is 14.5 Å². The Bertz CT molecular complexity index is 97.6. The molecule has 2 heteroatoms. The first kappa shape index (κ1) is 9.89. The zero-order valence-electron chi connectivity index (χ0n) is 7.65. The molecule has 0 bridgehead atoms. The molecule has 0 N–H and O–H groups in total. The third-order valence-corrected chi connectivity index (χ3v) is 7.13. The molecule has 0 heterocycles. The lowest BCUT2D eigenvalue weighted by Crippen LogP contribution is -2.28. The van der Waals surface area contributed by atoms with Gasteiger partial charge in [-0.15, -0.1) is 0 Å². The van der Waals surface area contributed by atoms with Crippen molar-refractivity contribution in [2.75, 3.05) is 0 Å². The second-order valence-corrected chi connectivity index (χ2v) is 7.50. The van der Waals surface area contributed by atoms with Gasteiger partial charge < -0.3 is 4.66 Å². The minimum Gasteiger partial charge on any atom is -0.333 e. The third-order valence-electron chi connectivity index (χ3n) is 2.38. The van der Waals surface area contributed by atoms with E-state index in [4.69, 9.17) is 0 Å². The van der Waals surface area contributed by atoms with Gasteiger partial charge in [0.25, 0.3) is 0 Å². The Morgan fingerprint density at radius 3 is 1.60 bits per heavy atom. The fourth-order valence-corrected chi connectivity index (χ4v) is 3.89. The fourth-order valence-electron chi connectivity index (χ4n) is 1.30. The number of hydrogen-bond donors (Lipinski definition) is 0. The Hall–Kier alpha value is -0.113. The summed E-state index contributed by atoms with van der Waals surface area (Å²) in [6.45, 7) is 8.84. The van der Waals surface area contributed by atoms with E-state index < -0.39 is 8.24 Å². The van der Waals surface area contributed by atoms with Gasteiger partial charge in [0, 0.05) is 0 Å². The number of rotatable bonds is 4. The first-order chi connectivity index (χ1) is 4.74. The largest absolute Gasteiger partial charge is 0.333 e. The maximum atomic E-state index is 4.62. The minimum atomic E-state index is -1.15. The van der Waals surface area contributed by atoms with E-state index in [1.165, 1.54) is 18.1 Å². The standard InChI is InChI=1S/C8H19NSi/c1-5-9-10(6-2,7-3)8-4/h5H,6-8H2,1-4H3. The van der Waals surface area contributed by atoms with E-state index in [0.29, 0.717) is 0 Å². The normalized spacial score (nSPS) is 12.8. The van der Waals surface area contributed by atoms with E-state index in [9.17, 15) is 0 Å². The van der Waals surface area contributed by atoms with Gasteiger partial charge in [-0.2, -0.15) is 0 Å². The predicted molar refractivity (Wildman–Crippen MR) is 51.4 cm³/mol. The van der Waals surface area contributed by atoms with Gasteiger partial charge in [-0.3, -0.25) is 0 Å². The molecule has 0 aliphatic rings.